The van der Waals surface area contributed by atoms with E-state index in [0.717, 1.165) is 5.75 Å². The first-order valence-corrected chi connectivity index (χ1v) is 3.53. The molecule has 0 saturated carbocycles. The highest BCUT2D eigenvalue weighted by Crippen LogP contribution is 2.08. The first-order valence-electron chi connectivity index (χ1n) is 2.49. The quantitative estimate of drug-likeness (QED) is 0.540. The van der Waals surface area contributed by atoms with Gasteiger partial charge in [0.15, 0.2) is 0 Å². The van der Waals surface area contributed by atoms with Crippen LogP contribution in [0.25, 0.3) is 0 Å². The molecule has 8 heavy (non-hydrogen) atoms. The van der Waals surface area contributed by atoms with Gasteiger partial charge >= 0.3 is 0 Å². The second-order valence-corrected chi connectivity index (χ2v) is 2.66. The van der Waals surface area contributed by atoms with Crippen molar-refractivity contribution in [1.82, 2.24) is 0 Å². The summed E-state index contributed by atoms with van der Waals surface area (Å²) in [5.41, 5.74) is 0. The van der Waals surface area contributed by atoms with Crippen LogP contribution in [0.3, 0.4) is 0 Å². The van der Waals surface area contributed by atoms with E-state index in [9.17, 15) is 0 Å². The smallest absolute Gasteiger partial charge is 0.109 e. The Balaban J connectivity index is 3.40. The Morgan fingerprint density at radius 1 is 2.00 bits per heavy atom. The molecule has 0 N–H and O–H groups in total. The standard InChI is InChI=1S/C6H9NS/c1-3-6(5-7)8-4-2/h3,6H,1,4H2,2H3. The minimum atomic E-state index is -0.0139. The molecule has 0 saturated heterocycles. The molecule has 0 fully saturated rings. The third-order valence-electron chi connectivity index (χ3n) is 0.688. The number of rotatable bonds is 3. The van der Waals surface area contributed by atoms with Crippen molar-refractivity contribution < 1.29 is 0 Å². The lowest BCUT2D eigenvalue weighted by Crippen LogP contribution is -1.91. The largest absolute Gasteiger partial charge is 0.197 e. The van der Waals surface area contributed by atoms with Crippen molar-refractivity contribution in [3.63, 3.8) is 0 Å². The Bertz CT molecular complexity index is 104. The van der Waals surface area contributed by atoms with Crippen LogP contribution in [0.1, 0.15) is 6.92 Å². The maximum atomic E-state index is 8.32. The molecule has 0 bridgehead atoms. The average molecular weight is 127 g/mol. The molecule has 0 amide bonds. The summed E-state index contributed by atoms with van der Waals surface area (Å²) in [6, 6.07) is 2.10. The van der Waals surface area contributed by atoms with E-state index in [1.165, 1.54) is 0 Å². The van der Waals surface area contributed by atoms with E-state index in [2.05, 4.69) is 12.6 Å². The molecule has 1 nitrogen and oxygen atoms in total. The lowest BCUT2D eigenvalue weighted by molar-refractivity contribution is 1.36. The molecule has 44 valence electrons. The SMILES string of the molecule is C=CC(C#N)SCC. The molecule has 0 aromatic carbocycles. The van der Waals surface area contributed by atoms with Gasteiger partial charge in [0.25, 0.3) is 0 Å². The summed E-state index contributed by atoms with van der Waals surface area (Å²) in [5.74, 6) is 0.976. The van der Waals surface area contributed by atoms with Crippen LogP contribution in [0, 0.1) is 11.3 Å². The number of thioether (sulfide) groups is 1. The highest BCUT2D eigenvalue weighted by atomic mass is 32.2. The van der Waals surface area contributed by atoms with Crippen molar-refractivity contribution in [1.29, 1.82) is 5.26 Å². The summed E-state index contributed by atoms with van der Waals surface area (Å²) in [4.78, 5) is 0. The van der Waals surface area contributed by atoms with Crippen LogP contribution in [0.15, 0.2) is 12.7 Å². The van der Waals surface area contributed by atoms with Gasteiger partial charge in [0.1, 0.15) is 5.25 Å². The molecule has 0 heterocycles. The number of hydrogen-bond donors (Lipinski definition) is 0. The predicted octanol–water partition coefficient (Wildman–Crippen LogP) is 1.82. The van der Waals surface area contributed by atoms with E-state index >= 15 is 0 Å². The summed E-state index contributed by atoms with van der Waals surface area (Å²) in [7, 11) is 0. The zero-order chi connectivity index (χ0) is 6.41. The van der Waals surface area contributed by atoms with Crippen LogP contribution in [0.5, 0.6) is 0 Å². The summed E-state index contributed by atoms with van der Waals surface area (Å²) in [5, 5.41) is 8.30. The minimum Gasteiger partial charge on any atom is -0.197 e. The van der Waals surface area contributed by atoms with Gasteiger partial charge < -0.3 is 0 Å². The minimum absolute atomic E-state index is 0.0139. The predicted molar refractivity (Wildman–Crippen MR) is 37.7 cm³/mol. The second kappa shape index (κ2) is 4.73. The molecule has 0 spiro atoms. The molecule has 0 radical (unpaired) electrons. The van der Waals surface area contributed by atoms with Gasteiger partial charge in [-0.25, -0.2) is 0 Å². The first kappa shape index (κ1) is 7.58. The second-order valence-electron chi connectivity index (χ2n) is 1.24. The van der Waals surface area contributed by atoms with Crippen LogP contribution >= 0.6 is 11.8 Å². The van der Waals surface area contributed by atoms with Gasteiger partial charge in [-0.1, -0.05) is 13.0 Å². The lowest BCUT2D eigenvalue weighted by Gasteiger charge is -1.95. The first-order chi connectivity index (χ1) is 3.85. The zero-order valence-corrected chi connectivity index (χ0v) is 5.74. The molecule has 1 atom stereocenters. The highest BCUT2D eigenvalue weighted by molar-refractivity contribution is 8.00. The van der Waals surface area contributed by atoms with Gasteiger partial charge in [-0.2, -0.15) is 5.26 Å². The Kier molecular flexibility index (Phi) is 4.48. The van der Waals surface area contributed by atoms with E-state index in [1.54, 1.807) is 17.8 Å². The fraction of sp³-hybridized carbons (Fsp3) is 0.500. The maximum Gasteiger partial charge on any atom is 0.109 e. The molecule has 0 rings (SSSR count). The molecule has 0 aromatic rings. The Labute approximate surface area is 54.4 Å². The van der Waals surface area contributed by atoms with Crippen LogP contribution < -0.4 is 0 Å². The van der Waals surface area contributed by atoms with Crippen molar-refractivity contribution in [2.75, 3.05) is 5.75 Å². The summed E-state index contributed by atoms with van der Waals surface area (Å²) in [6.45, 7) is 5.53. The van der Waals surface area contributed by atoms with Gasteiger partial charge in [0.05, 0.1) is 6.07 Å². The fourth-order valence-electron chi connectivity index (χ4n) is 0.338. The average Bonchev–Trinajstić information content (AvgIpc) is 1.83. The van der Waals surface area contributed by atoms with E-state index in [-0.39, 0.29) is 5.25 Å². The molecule has 1 unspecified atom stereocenters. The molecular formula is C6H9NS. The van der Waals surface area contributed by atoms with Crippen LogP contribution in [0.2, 0.25) is 0 Å². The van der Waals surface area contributed by atoms with Crippen molar-refractivity contribution in [2.24, 2.45) is 0 Å². The Morgan fingerprint density at radius 3 is 2.75 bits per heavy atom. The molecule has 0 aromatic heterocycles. The summed E-state index contributed by atoms with van der Waals surface area (Å²) < 4.78 is 0. The van der Waals surface area contributed by atoms with Gasteiger partial charge in [-0.3, -0.25) is 0 Å². The normalized spacial score (nSPS) is 12.0. The van der Waals surface area contributed by atoms with Crippen molar-refractivity contribution in [2.45, 2.75) is 12.2 Å². The van der Waals surface area contributed by atoms with Gasteiger partial charge in [-0.15, -0.1) is 18.3 Å². The molecule has 0 aliphatic heterocycles. The third-order valence-corrected chi connectivity index (χ3v) is 1.68. The van der Waals surface area contributed by atoms with E-state index in [4.69, 9.17) is 5.26 Å². The monoisotopic (exact) mass is 127 g/mol. The van der Waals surface area contributed by atoms with Crippen molar-refractivity contribution >= 4 is 11.8 Å². The number of nitriles is 1. The highest BCUT2D eigenvalue weighted by Gasteiger charge is 1.96. The number of hydrogen-bond acceptors (Lipinski definition) is 2. The fourth-order valence-corrected chi connectivity index (χ4v) is 0.907. The lowest BCUT2D eigenvalue weighted by atomic mass is 10.5. The number of nitrogens with zero attached hydrogens (tertiary/aromatic N) is 1. The van der Waals surface area contributed by atoms with E-state index in [1.807, 2.05) is 6.92 Å². The van der Waals surface area contributed by atoms with E-state index in [0.29, 0.717) is 0 Å². The summed E-state index contributed by atoms with van der Waals surface area (Å²) in [6.07, 6.45) is 1.66. The van der Waals surface area contributed by atoms with Gasteiger partial charge in [0, 0.05) is 0 Å². The van der Waals surface area contributed by atoms with Crippen LogP contribution in [0.4, 0.5) is 0 Å². The van der Waals surface area contributed by atoms with Crippen LogP contribution in [-0.4, -0.2) is 11.0 Å². The van der Waals surface area contributed by atoms with Crippen LogP contribution in [-0.2, 0) is 0 Å². The zero-order valence-electron chi connectivity index (χ0n) is 4.92. The van der Waals surface area contributed by atoms with Gasteiger partial charge in [-0.05, 0) is 5.75 Å². The molecular weight excluding hydrogens is 118 g/mol. The van der Waals surface area contributed by atoms with Gasteiger partial charge in [0.2, 0.25) is 0 Å². The Morgan fingerprint density at radius 2 is 2.62 bits per heavy atom. The maximum absolute atomic E-state index is 8.32. The topological polar surface area (TPSA) is 23.8 Å². The molecule has 2 heteroatoms. The Hall–Kier alpha value is -0.420. The molecule has 0 aliphatic rings. The van der Waals surface area contributed by atoms with E-state index < -0.39 is 0 Å². The van der Waals surface area contributed by atoms with Crippen molar-refractivity contribution in [3.05, 3.63) is 12.7 Å². The molecule has 0 aliphatic carbocycles. The third kappa shape index (κ3) is 2.70. The van der Waals surface area contributed by atoms with Crippen molar-refractivity contribution in [3.8, 4) is 6.07 Å². The summed E-state index contributed by atoms with van der Waals surface area (Å²) >= 11 is 1.60.